The number of halogens is 2. The van der Waals surface area contributed by atoms with Crippen molar-refractivity contribution in [1.29, 1.82) is 0 Å². The Hall–Kier alpha value is -2.27. The van der Waals surface area contributed by atoms with Gasteiger partial charge in [0.05, 0.1) is 14.2 Å². The summed E-state index contributed by atoms with van der Waals surface area (Å²) in [7, 11) is 2.70. The SMILES string of the molecule is COc1cc(C(=O)N(CCCl)CCCc2ccccc2)cc(OC)c1F. The summed E-state index contributed by atoms with van der Waals surface area (Å²) in [6, 6.07) is 12.9. The number of benzene rings is 2. The molecule has 0 saturated carbocycles. The Morgan fingerprint density at radius 3 is 2.23 bits per heavy atom. The molecule has 4 nitrogen and oxygen atoms in total. The standard InChI is InChI=1S/C20H23ClFNO3/c1-25-17-13-16(14-18(26-2)19(17)22)20(24)23(12-10-21)11-6-9-15-7-4-3-5-8-15/h3-5,7-8,13-14H,6,9-12H2,1-2H3. The lowest BCUT2D eigenvalue weighted by molar-refractivity contribution is 0.0763. The predicted molar refractivity (Wildman–Crippen MR) is 101 cm³/mol. The summed E-state index contributed by atoms with van der Waals surface area (Å²) >= 11 is 5.86. The number of methoxy groups -OCH3 is 2. The minimum Gasteiger partial charge on any atom is -0.494 e. The molecule has 2 aromatic rings. The molecule has 0 heterocycles. The van der Waals surface area contributed by atoms with Crippen molar-refractivity contribution >= 4 is 17.5 Å². The maximum Gasteiger partial charge on any atom is 0.254 e. The van der Waals surface area contributed by atoms with Gasteiger partial charge in [0.2, 0.25) is 5.82 Å². The van der Waals surface area contributed by atoms with E-state index >= 15 is 0 Å². The number of carbonyl (C=O) groups excluding carboxylic acids is 1. The number of carbonyl (C=O) groups is 1. The Morgan fingerprint density at radius 2 is 1.69 bits per heavy atom. The van der Waals surface area contributed by atoms with Gasteiger partial charge in [0.15, 0.2) is 11.5 Å². The number of alkyl halides is 1. The molecule has 0 fully saturated rings. The van der Waals surface area contributed by atoms with E-state index < -0.39 is 5.82 Å². The molecule has 0 aliphatic carbocycles. The van der Waals surface area contributed by atoms with E-state index in [0.717, 1.165) is 12.8 Å². The second-order valence-corrected chi connectivity index (χ2v) is 6.14. The molecular weight excluding hydrogens is 357 g/mol. The maximum atomic E-state index is 14.1. The van der Waals surface area contributed by atoms with Crippen LogP contribution in [0.5, 0.6) is 11.5 Å². The molecule has 0 radical (unpaired) electrons. The van der Waals surface area contributed by atoms with Gasteiger partial charge in [-0.15, -0.1) is 11.6 Å². The summed E-state index contributed by atoms with van der Waals surface area (Å²) in [4.78, 5) is 14.5. The van der Waals surface area contributed by atoms with Crippen molar-refractivity contribution in [3.8, 4) is 11.5 Å². The van der Waals surface area contributed by atoms with E-state index in [2.05, 4.69) is 12.1 Å². The summed E-state index contributed by atoms with van der Waals surface area (Å²) < 4.78 is 24.1. The third-order valence-corrected chi connectivity index (χ3v) is 4.24. The second-order valence-electron chi connectivity index (χ2n) is 5.77. The number of nitrogens with zero attached hydrogens (tertiary/aromatic N) is 1. The van der Waals surface area contributed by atoms with E-state index in [1.165, 1.54) is 31.9 Å². The number of hydrogen-bond donors (Lipinski definition) is 0. The van der Waals surface area contributed by atoms with Crippen LogP contribution in [0.4, 0.5) is 4.39 Å². The molecule has 2 aromatic carbocycles. The van der Waals surface area contributed by atoms with E-state index in [9.17, 15) is 9.18 Å². The summed E-state index contributed by atoms with van der Waals surface area (Å²) in [5.74, 6) is -0.576. The van der Waals surface area contributed by atoms with Crippen LogP contribution >= 0.6 is 11.6 Å². The topological polar surface area (TPSA) is 38.8 Å². The smallest absolute Gasteiger partial charge is 0.254 e. The second kappa shape index (κ2) is 10.0. The van der Waals surface area contributed by atoms with E-state index in [0.29, 0.717) is 24.5 Å². The summed E-state index contributed by atoms with van der Waals surface area (Å²) in [6.07, 6.45) is 1.67. The predicted octanol–water partition coefficient (Wildman–Crippen LogP) is 4.16. The zero-order valence-corrected chi connectivity index (χ0v) is 15.8. The van der Waals surface area contributed by atoms with E-state index in [1.54, 1.807) is 4.90 Å². The van der Waals surface area contributed by atoms with Gasteiger partial charge in [0, 0.05) is 24.5 Å². The third kappa shape index (κ3) is 5.11. The summed E-state index contributed by atoms with van der Waals surface area (Å²) in [5, 5.41) is 0. The van der Waals surface area contributed by atoms with Crippen LogP contribution in [0.1, 0.15) is 22.3 Å². The molecule has 6 heteroatoms. The Labute approximate surface area is 158 Å². The Bertz CT molecular complexity index is 699. The molecule has 0 aromatic heterocycles. The highest BCUT2D eigenvalue weighted by atomic mass is 35.5. The van der Waals surface area contributed by atoms with Crippen molar-refractivity contribution in [2.24, 2.45) is 0 Å². The first-order valence-corrected chi connectivity index (χ1v) is 8.94. The van der Waals surface area contributed by atoms with Gasteiger partial charge in [-0.2, -0.15) is 4.39 Å². The Kier molecular flexibility index (Phi) is 7.73. The first kappa shape index (κ1) is 20.0. The van der Waals surface area contributed by atoms with Crippen molar-refractivity contribution in [2.45, 2.75) is 12.8 Å². The fraction of sp³-hybridized carbons (Fsp3) is 0.350. The molecule has 140 valence electrons. The summed E-state index contributed by atoms with van der Waals surface area (Å²) in [6.45, 7) is 0.972. The average Bonchev–Trinajstić information content (AvgIpc) is 2.67. The highest BCUT2D eigenvalue weighted by Gasteiger charge is 2.20. The van der Waals surface area contributed by atoms with E-state index in [4.69, 9.17) is 21.1 Å². The average molecular weight is 380 g/mol. The van der Waals surface area contributed by atoms with Crippen LogP contribution in [0.25, 0.3) is 0 Å². The van der Waals surface area contributed by atoms with Gasteiger partial charge in [-0.25, -0.2) is 0 Å². The monoisotopic (exact) mass is 379 g/mol. The molecule has 0 N–H and O–H groups in total. The number of aryl methyl sites for hydroxylation is 1. The third-order valence-electron chi connectivity index (χ3n) is 4.07. The van der Waals surface area contributed by atoms with Crippen LogP contribution in [0.15, 0.2) is 42.5 Å². The van der Waals surface area contributed by atoms with Gasteiger partial charge < -0.3 is 14.4 Å². The molecule has 0 bridgehead atoms. The summed E-state index contributed by atoms with van der Waals surface area (Å²) in [5.41, 5.74) is 1.53. The molecule has 1 amide bonds. The zero-order valence-electron chi connectivity index (χ0n) is 15.0. The lowest BCUT2D eigenvalue weighted by Gasteiger charge is -2.22. The molecule has 26 heavy (non-hydrogen) atoms. The van der Waals surface area contributed by atoms with Crippen LogP contribution in [0.2, 0.25) is 0 Å². The zero-order chi connectivity index (χ0) is 18.9. The molecule has 0 aliphatic rings. The van der Waals surface area contributed by atoms with Gasteiger partial charge in [-0.3, -0.25) is 4.79 Å². The molecule has 0 unspecified atom stereocenters. The minimum absolute atomic E-state index is 0.0252. The van der Waals surface area contributed by atoms with E-state index in [-0.39, 0.29) is 17.4 Å². The fourth-order valence-electron chi connectivity index (χ4n) is 2.71. The molecular formula is C20H23ClFNO3. The molecule has 0 spiro atoms. The minimum atomic E-state index is -0.625. The number of hydrogen-bond acceptors (Lipinski definition) is 3. The van der Waals surface area contributed by atoms with Crippen molar-refractivity contribution in [2.75, 3.05) is 33.2 Å². The van der Waals surface area contributed by atoms with Crippen LogP contribution in [-0.4, -0.2) is 44.0 Å². The van der Waals surface area contributed by atoms with Crippen molar-refractivity contribution < 1.29 is 18.7 Å². The molecule has 2 rings (SSSR count). The normalized spacial score (nSPS) is 10.5. The fourth-order valence-corrected chi connectivity index (χ4v) is 2.92. The lowest BCUT2D eigenvalue weighted by atomic mass is 10.1. The van der Waals surface area contributed by atoms with Gasteiger partial charge in [-0.05, 0) is 30.5 Å². The lowest BCUT2D eigenvalue weighted by Crippen LogP contribution is -2.34. The van der Waals surface area contributed by atoms with Gasteiger partial charge in [-0.1, -0.05) is 30.3 Å². The molecule has 0 aliphatic heterocycles. The number of rotatable bonds is 9. The van der Waals surface area contributed by atoms with E-state index in [1.807, 2.05) is 18.2 Å². The van der Waals surface area contributed by atoms with Crippen molar-refractivity contribution in [3.63, 3.8) is 0 Å². The van der Waals surface area contributed by atoms with Gasteiger partial charge in [0.1, 0.15) is 0 Å². The quantitative estimate of drug-likeness (QED) is 0.614. The molecule has 0 atom stereocenters. The number of ether oxygens (including phenoxy) is 2. The van der Waals surface area contributed by atoms with Gasteiger partial charge >= 0.3 is 0 Å². The maximum absolute atomic E-state index is 14.1. The van der Waals surface area contributed by atoms with Crippen molar-refractivity contribution in [1.82, 2.24) is 4.90 Å². The first-order chi connectivity index (χ1) is 12.6. The Morgan fingerprint density at radius 1 is 1.08 bits per heavy atom. The van der Waals surface area contributed by atoms with Crippen LogP contribution in [0.3, 0.4) is 0 Å². The van der Waals surface area contributed by atoms with Gasteiger partial charge in [0.25, 0.3) is 5.91 Å². The highest BCUT2D eigenvalue weighted by Crippen LogP contribution is 2.29. The van der Waals surface area contributed by atoms with Crippen LogP contribution in [-0.2, 0) is 6.42 Å². The van der Waals surface area contributed by atoms with Crippen LogP contribution in [0, 0.1) is 5.82 Å². The molecule has 0 saturated heterocycles. The van der Waals surface area contributed by atoms with Crippen molar-refractivity contribution in [3.05, 3.63) is 59.4 Å². The number of amides is 1. The Balaban J connectivity index is 2.12. The van der Waals surface area contributed by atoms with Crippen LogP contribution < -0.4 is 9.47 Å². The first-order valence-electron chi connectivity index (χ1n) is 8.41. The largest absolute Gasteiger partial charge is 0.494 e. The highest BCUT2D eigenvalue weighted by molar-refractivity contribution is 6.18.